The number of carbonyl (C=O) groups excluding carboxylic acids is 1. The molecule has 1 heterocycles. The molecule has 0 radical (unpaired) electrons. The van der Waals surface area contributed by atoms with Crippen molar-refractivity contribution in [3.63, 3.8) is 0 Å². The lowest BCUT2D eigenvalue weighted by atomic mass is 9.98. The standard InChI is InChI=1S/C16H21F2NO2/c1-2-21-16(20)11-15(19-8-4-3-5-9-19)13-7-6-12(17)10-14(13)18/h6-7,10,15H,2-5,8-9,11H2,1H3. The van der Waals surface area contributed by atoms with Crippen LogP contribution < -0.4 is 0 Å². The average molecular weight is 297 g/mol. The van der Waals surface area contributed by atoms with E-state index in [1.54, 1.807) is 6.92 Å². The maximum absolute atomic E-state index is 14.1. The van der Waals surface area contributed by atoms with E-state index < -0.39 is 11.6 Å². The minimum Gasteiger partial charge on any atom is -0.466 e. The number of esters is 1. The van der Waals surface area contributed by atoms with Crippen LogP contribution in [0.1, 0.15) is 44.2 Å². The van der Waals surface area contributed by atoms with E-state index in [4.69, 9.17) is 4.74 Å². The minimum absolute atomic E-state index is 0.0936. The summed E-state index contributed by atoms with van der Waals surface area (Å²) in [5.41, 5.74) is 0.367. The van der Waals surface area contributed by atoms with Crippen molar-refractivity contribution >= 4 is 5.97 Å². The molecule has 1 aromatic rings. The van der Waals surface area contributed by atoms with Gasteiger partial charge in [-0.3, -0.25) is 9.69 Å². The molecule has 3 nitrogen and oxygen atoms in total. The number of ether oxygens (including phenoxy) is 1. The van der Waals surface area contributed by atoms with Crippen LogP contribution in [-0.2, 0) is 9.53 Å². The Kier molecular flexibility index (Phi) is 5.67. The number of piperidine rings is 1. The number of benzene rings is 1. The average Bonchev–Trinajstić information content (AvgIpc) is 2.47. The fraction of sp³-hybridized carbons (Fsp3) is 0.562. The first kappa shape index (κ1) is 15.9. The van der Waals surface area contributed by atoms with Gasteiger partial charge in [0, 0.05) is 17.7 Å². The number of carbonyl (C=O) groups is 1. The van der Waals surface area contributed by atoms with Crippen LogP contribution in [-0.4, -0.2) is 30.6 Å². The highest BCUT2D eigenvalue weighted by Gasteiger charge is 2.27. The van der Waals surface area contributed by atoms with Crippen molar-refractivity contribution in [3.05, 3.63) is 35.4 Å². The van der Waals surface area contributed by atoms with Crippen LogP contribution in [0.15, 0.2) is 18.2 Å². The number of nitrogens with zero attached hydrogens (tertiary/aromatic N) is 1. The van der Waals surface area contributed by atoms with Crippen molar-refractivity contribution in [2.24, 2.45) is 0 Å². The molecule has 21 heavy (non-hydrogen) atoms. The number of likely N-dealkylation sites (tertiary alicyclic amines) is 1. The van der Waals surface area contributed by atoms with Gasteiger partial charge in [0.25, 0.3) is 0 Å². The first-order chi connectivity index (χ1) is 10.1. The monoisotopic (exact) mass is 297 g/mol. The summed E-state index contributed by atoms with van der Waals surface area (Å²) in [6.07, 6.45) is 3.30. The van der Waals surface area contributed by atoms with Crippen molar-refractivity contribution in [2.45, 2.75) is 38.6 Å². The van der Waals surface area contributed by atoms with E-state index in [0.717, 1.165) is 38.4 Å². The van der Waals surface area contributed by atoms with Crippen LogP contribution >= 0.6 is 0 Å². The topological polar surface area (TPSA) is 29.5 Å². The summed E-state index contributed by atoms with van der Waals surface area (Å²) in [4.78, 5) is 13.9. The predicted octanol–water partition coefficient (Wildman–Crippen LogP) is 3.45. The molecule has 1 atom stereocenters. The SMILES string of the molecule is CCOC(=O)CC(c1ccc(F)cc1F)N1CCCCC1. The molecule has 1 aliphatic rings. The van der Waals surface area contributed by atoms with Gasteiger partial charge in [-0.25, -0.2) is 8.78 Å². The fourth-order valence-electron chi connectivity index (χ4n) is 2.82. The fourth-order valence-corrected chi connectivity index (χ4v) is 2.82. The zero-order chi connectivity index (χ0) is 15.2. The second-order valence-corrected chi connectivity index (χ2v) is 5.29. The van der Waals surface area contributed by atoms with E-state index in [2.05, 4.69) is 4.90 Å². The molecule has 0 amide bonds. The van der Waals surface area contributed by atoms with Crippen LogP contribution in [0.25, 0.3) is 0 Å². The van der Waals surface area contributed by atoms with Gasteiger partial charge >= 0.3 is 5.97 Å². The van der Waals surface area contributed by atoms with Gasteiger partial charge < -0.3 is 4.74 Å². The van der Waals surface area contributed by atoms with Gasteiger partial charge in [0.2, 0.25) is 0 Å². The highest BCUT2D eigenvalue weighted by molar-refractivity contribution is 5.70. The molecule has 5 heteroatoms. The summed E-state index contributed by atoms with van der Waals surface area (Å²) in [5.74, 6) is -1.56. The highest BCUT2D eigenvalue weighted by Crippen LogP contribution is 2.30. The van der Waals surface area contributed by atoms with Crippen LogP contribution in [0.2, 0.25) is 0 Å². The Morgan fingerprint density at radius 3 is 2.62 bits per heavy atom. The Morgan fingerprint density at radius 2 is 2.00 bits per heavy atom. The lowest BCUT2D eigenvalue weighted by Crippen LogP contribution is -2.35. The summed E-state index contributed by atoms with van der Waals surface area (Å²) in [6, 6.07) is 3.16. The van der Waals surface area contributed by atoms with E-state index in [9.17, 15) is 13.6 Å². The van der Waals surface area contributed by atoms with Gasteiger partial charge in [-0.15, -0.1) is 0 Å². The second kappa shape index (κ2) is 7.50. The third kappa shape index (κ3) is 4.24. The van der Waals surface area contributed by atoms with Gasteiger partial charge in [-0.05, 0) is 38.9 Å². The normalized spacial score (nSPS) is 17.5. The molecule has 0 spiro atoms. The number of hydrogen-bond acceptors (Lipinski definition) is 3. The summed E-state index contributed by atoms with van der Waals surface area (Å²) in [6.45, 7) is 3.69. The van der Waals surface area contributed by atoms with E-state index in [1.165, 1.54) is 12.1 Å². The lowest BCUT2D eigenvalue weighted by Gasteiger charge is -2.34. The molecule has 0 aromatic heterocycles. The molecule has 1 fully saturated rings. The third-order valence-electron chi connectivity index (χ3n) is 3.82. The molecule has 1 unspecified atom stereocenters. The Bertz CT molecular complexity index is 487. The van der Waals surface area contributed by atoms with E-state index in [1.807, 2.05) is 0 Å². The summed E-state index contributed by atoms with van der Waals surface area (Å²) in [7, 11) is 0. The Morgan fingerprint density at radius 1 is 1.29 bits per heavy atom. The molecule has 1 aliphatic heterocycles. The molecule has 0 bridgehead atoms. The zero-order valence-electron chi connectivity index (χ0n) is 12.3. The summed E-state index contributed by atoms with van der Waals surface area (Å²) < 4.78 is 32.2. The Balaban J connectivity index is 2.23. The summed E-state index contributed by atoms with van der Waals surface area (Å²) in [5, 5.41) is 0. The maximum atomic E-state index is 14.1. The van der Waals surface area contributed by atoms with E-state index >= 15 is 0 Å². The number of hydrogen-bond donors (Lipinski definition) is 0. The van der Waals surface area contributed by atoms with Crippen molar-refractivity contribution in [2.75, 3.05) is 19.7 Å². The van der Waals surface area contributed by atoms with Crippen LogP contribution in [0.4, 0.5) is 8.78 Å². The smallest absolute Gasteiger partial charge is 0.307 e. The molecule has 116 valence electrons. The first-order valence-corrected chi connectivity index (χ1v) is 7.46. The lowest BCUT2D eigenvalue weighted by molar-refractivity contribution is -0.144. The van der Waals surface area contributed by atoms with Crippen molar-refractivity contribution in [1.82, 2.24) is 4.90 Å². The molecule has 0 aliphatic carbocycles. The molecular weight excluding hydrogens is 276 g/mol. The molecule has 0 saturated carbocycles. The molecule has 1 aromatic carbocycles. The van der Waals surface area contributed by atoms with Gasteiger partial charge in [0.05, 0.1) is 13.0 Å². The number of rotatable bonds is 5. The second-order valence-electron chi connectivity index (χ2n) is 5.29. The highest BCUT2D eigenvalue weighted by atomic mass is 19.1. The zero-order valence-corrected chi connectivity index (χ0v) is 12.3. The third-order valence-corrected chi connectivity index (χ3v) is 3.82. The van der Waals surface area contributed by atoms with Gasteiger partial charge in [-0.2, -0.15) is 0 Å². The molecular formula is C16H21F2NO2. The molecule has 1 saturated heterocycles. The van der Waals surface area contributed by atoms with Gasteiger partial charge in [0.1, 0.15) is 11.6 Å². The van der Waals surface area contributed by atoms with Crippen molar-refractivity contribution < 1.29 is 18.3 Å². The van der Waals surface area contributed by atoms with Crippen LogP contribution in [0, 0.1) is 11.6 Å². The van der Waals surface area contributed by atoms with E-state index in [-0.39, 0.29) is 18.4 Å². The predicted molar refractivity (Wildman–Crippen MR) is 75.8 cm³/mol. The minimum atomic E-state index is -0.607. The largest absolute Gasteiger partial charge is 0.466 e. The van der Waals surface area contributed by atoms with E-state index in [0.29, 0.717) is 12.2 Å². The molecule has 2 rings (SSSR count). The summed E-state index contributed by atoms with van der Waals surface area (Å²) >= 11 is 0. The van der Waals surface area contributed by atoms with Crippen LogP contribution in [0.5, 0.6) is 0 Å². The van der Waals surface area contributed by atoms with Gasteiger partial charge in [-0.1, -0.05) is 12.5 Å². The maximum Gasteiger partial charge on any atom is 0.307 e. The Labute approximate surface area is 123 Å². The van der Waals surface area contributed by atoms with Gasteiger partial charge in [0.15, 0.2) is 0 Å². The number of halogens is 2. The van der Waals surface area contributed by atoms with Crippen LogP contribution in [0.3, 0.4) is 0 Å². The first-order valence-electron chi connectivity index (χ1n) is 7.46. The quantitative estimate of drug-likeness (QED) is 0.780. The Hall–Kier alpha value is -1.49. The molecule has 0 N–H and O–H groups in total. The van der Waals surface area contributed by atoms with Crippen molar-refractivity contribution in [3.8, 4) is 0 Å². The van der Waals surface area contributed by atoms with Crippen molar-refractivity contribution in [1.29, 1.82) is 0 Å².